The molecule has 4 atom stereocenters. The Labute approximate surface area is 695 Å². The molecular formula is C95H132N6S6Se2. The Hall–Kier alpha value is -3.52. The van der Waals surface area contributed by atoms with Crippen LogP contribution in [-0.4, -0.2) is 55.8 Å². The molecule has 10 aromatic heterocycles. The van der Waals surface area contributed by atoms with Crippen molar-refractivity contribution in [3.8, 4) is 62.2 Å². The minimum absolute atomic E-state index is 0.124. The quantitative estimate of drug-likeness (QED) is 0.0279. The summed E-state index contributed by atoms with van der Waals surface area (Å²) in [5.41, 5.74) is 14.2. The Bertz CT molecular complexity index is 4390. The van der Waals surface area contributed by atoms with Crippen molar-refractivity contribution in [2.75, 3.05) is 0 Å². The predicted molar refractivity (Wildman–Crippen MR) is 488 cm³/mol. The van der Waals surface area contributed by atoms with E-state index in [1.807, 2.05) is 51.5 Å². The van der Waals surface area contributed by atoms with Crippen molar-refractivity contribution in [2.45, 2.75) is 357 Å². The van der Waals surface area contributed by atoms with Crippen LogP contribution >= 0.6 is 68.0 Å². The topological polar surface area (TPSA) is 77.3 Å². The zero-order chi connectivity index (χ0) is 75.9. The summed E-state index contributed by atoms with van der Waals surface area (Å²) < 4.78 is 23.8. The molecule has 14 heteroatoms. The molecule has 6 nitrogen and oxygen atoms in total. The monoisotopic (exact) mass is 1710 g/mol. The van der Waals surface area contributed by atoms with E-state index in [0.29, 0.717) is 11.8 Å². The molecule has 1 aliphatic rings. The Balaban J connectivity index is 0.941. The van der Waals surface area contributed by atoms with Gasteiger partial charge in [0.2, 0.25) is 0 Å². The van der Waals surface area contributed by atoms with E-state index in [4.69, 9.17) is 25.9 Å². The van der Waals surface area contributed by atoms with E-state index < -0.39 is 0 Å². The van der Waals surface area contributed by atoms with Crippen LogP contribution in [0.2, 0.25) is 0 Å². The number of unbranched alkanes of at least 4 members (excludes halogenated alkanes) is 26. The van der Waals surface area contributed by atoms with Gasteiger partial charge in [-0.1, -0.05) is 247 Å². The molecule has 0 bridgehead atoms. The molecule has 4 unspecified atom stereocenters. The molecule has 0 saturated carbocycles. The maximum atomic E-state index is 5.72. The van der Waals surface area contributed by atoms with E-state index in [1.165, 1.54) is 364 Å². The summed E-state index contributed by atoms with van der Waals surface area (Å²) in [5.74, 6) is 2.73. The van der Waals surface area contributed by atoms with E-state index >= 15 is 0 Å². The predicted octanol–water partition coefficient (Wildman–Crippen LogP) is 32.5. The maximum absolute atomic E-state index is 5.72. The Morgan fingerprint density at radius 2 is 0.734 bits per heavy atom. The third-order valence-electron chi connectivity index (χ3n) is 24.8. The van der Waals surface area contributed by atoms with Crippen LogP contribution in [0.5, 0.6) is 0 Å². The fourth-order valence-corrected chi connectivity index (χ4v) is 28.4. The van der Waals surface area contributed by atoms with Crippen molar-refractivity contribution in [3.05, 3.63) is 92.2 Å². The van der Waals surface area contributed by atoms with Crippen molar-refractivity contribution < 1.29 is 0 Å². The minimum atomic E-state index is -0.272. The van der Waals surface area contributed by atoms with Gasteiger partial charge in [-0.2, -0.15) is 0 Å². The first-order chi connectivity index (χ1) is 53.5. The second-order valence-corrected chi connectivity index (χ2v) is 42.2. The SMILES string of the molecule is CCCCCCCCCCC(CCCCCCCC)Cc1ccc(-c2c3cc(-c4cnc(-c5cc6c(s5)-c5sc(-c7ncc(C)c8n[se]nc78)cc5C6(CC(CC)CCCC)CC(CC)CCCC)c5n[se]nc45)sc3c(-c3ccc(CC(CCCCCCCC)CCCCCCCCCC)s3)c3cc(C)sc23)s1. The summed E-state index contributed by atoms with van der Waals surface area (Å²) in [5, 5.41) is 2.82. The number of thiophene rings is 6. The number of aromatic nitrogens is 6. The van der Waals surface area contributed by atoms with Crippen LogP contribution in [0.4, 0.5) is 0 Å². The summed E-state index contributed by atoms with van der Waals surface area (Å²) in [6, 6.07) is 20.5. The summed E-state index contributed by atoms with van der Waals surface area (Å²) in [6.07, 6.45) is 63.0. The number of fused-ring (bicyclic) bond motifs is 7. The van der Waals surface area contributed by atoms with Crippen molar-refractivity contribution in [1.82, 2.24) is 25.9 Å². The zero-order valence-electron chi connectivity index (χ0n) is 68.6. The zero-order valence-corrected chi connectivity index (χ0v) is 77.0. The van der Waals surface area contributed by atoms with Crippen molar-refractivity contribution in [1.29, 1.82) is 0 Å². The Morgan fingerprint density at radius 1 is 0.349 bits per heavy atom. The van der Waals surface area contributed by atoms with Gasteiger partial charge in [-0.05, 0) is 0 Å². The summed E-state index contributed by atoms with van der Waals surface area (Å²) >= 11 is 11.8. The number of hydrogen-bond acceptors (Lipinski definition) is 12. The second-order valence-electron chi connectivity index (χ2n) is 33.3. The number of hydrogen-bond donors (Lipinski definition) is 0. The first-order valence-corrected chi connectivity index (χ1v) is 52.2. The van der Waals surface area contributed by atoms with Gasteiger partial charge in [0, 0.05) is 0 Å². The number of benzene rings is 1. The van der Waals surface area contributed by atoms with E-state index in [1.54, 1.807) is 9.75 Å². The van der Waals surface area contributed by atoms with Gasteiger partial charge in [-0.15, -0.1) is 0 Å². The van der Waals surface area contributed by atoms with Crippen molar-refractivity contribution >= 4 is 140 Å². The van der Waals surface area contributed by atoms with Gasteiger partial charge < -0.3 is 0 Å². The molecule has 0 amide bonds. The summed E-state index contributed by atoms with van der Waals surface area (Å²) in [7, 11) is 0. The van der Waals surface area contributed by atoms with Crippen LogP contribution in [0.1, 0.15) is 356 Å². The van der Waals surface area contributed by atoms with E-state index in [2.05, 4.69) is 147 Å². The molecule has 10 heterocycles. The number of nitrogens with zero attached hydrogens (tertiary/aromatic N) is 6. The molecule has 1 aliphatic carbocycles. The van der Waals surface area contributed by atoms with Gasteiger partial charge in [0.1, 0.15) is 0 Å². The Morgan fingerprint density at radius 3 is 1.18 bits per heavy atom. The van der Waals surface area contributed by atoms with Gasteiger partial charge in [0.25, 0.3) is 0 Å². The van der Waals surface area contributed by atoms with Crippen LogP contribution in [0.25, 0.3) is 104 Å². The molecule has 1 aromatic carbocycles. The normalized spacial score (nSPS) is 14.9. The first kappa shape index (κ1) is 84.9. The van der Waals surface area contributed by atoms with Gasteiger partial charge in [0.05, 0.1) is 0 Å². The summed E-state index contributed by atoms with van der Waals surface area (Å²) in [4.78, 5) is 24.9. The molecular weight excluding hydrogens is 1580 g/mol. The average Bonchev–Trinajstić information content (AvgIpc) is 1.54. The molecule has 0 saturated heterocycles. The fraction of sp³-hybridized carbons (Fsp3) is 0.621. The molecule has 109 heavy (non-hydrogen) atoms. The van der Waals surface area contributed by atoms with Crippen LogP contribution in [0.15, 0.2) is 60.9 Å². The van der Waals surface area contributed by atoms with E-state index in [9.17, 15) is 0 Å². The van der Waals surface area contributed by atoms with Gasteiger partial charge in [0.15, 0.2) is 0 Å². The van der Waals surface area contributed by atoms with Crippen LogP contribution in [-0.2, 0) is 18.3 Å². The molecule has 11 aromatic rings. The van der Waals surface area contributed by atoms with Crippen LogP contribution in [0.3, 0.4) is 0 Å². The van der Waals surface area contributed by atoms with Crippen LogP contribution < -0.4 is 0 Å². The van der Waals surface area contributed by atoms with E-state index in [0.717, 1.165) is 56.4 Å². The van der Waals surface area contributed by atoms with Crippen molar-refractivity contribution in [2.24, 2.45) is 23.7 Å². The van der Waals surface area contributed by atoms with E-state index in [-0.39, 0.29) is 35.3 Å². The molecule has 0 N–H and O–H groups in total. The third-order valence-corrected chi connectivity index (χ3v) is 34.0. The first-order valence-electron chi connectivity index (χ1n) is 44.2. The molecule has 0 aliphatic heterocycles. The molecule has 12 rings (SSSR count). The van der Waals surface area contributed by atoms with Gasteiger partial charge in [-0.25, -0.2) is 0 Å². The number of rotatable bonds is 53. The van der Waals surface area contributed by atoms with Crippen LogP contribution in [0, 0.1) is 37.5 Å². The average molecular weight is 1710 g/mol. The van der Waals surface area contributed by atoms with Gasteiger partial charge >= 0.3 is 454 Å². The summed E-state index contributed by atoms with van der Waals surface area (Å²) in [6.45, 7) is 23.5. The standard InChI is InChI=1S/C95H132N6S6Se2/c1-11-19-25-29-33-35-39-43-49-69(47-41-37-31-27-21-13-3)56-71-51-53-78(103-71)83-73-55-66(10)102-91(73)84(79-54-52-72(104-79)57-70(48-42-38-32-28-22-14-4)50-44-40-36-34-30-26-20-12-2)74-58-80(105-92(74)83)75-64-97-88(90-86(75)99-109-101-90)82-60-77-94(107-82)93-76(59-81(106-93)87-89-85(98-108-100-89)65(9)63-96-87)95(77,61-67(17-7)45-23-15-5)62-68(18-8)46-24-16-6/h51-55,58-60,63-64,67-70H,11-50,56-57,61-62H2,1-10H3. The van der Waals surface area contributed by atoms with Crippen molar-refractivity contribution in [3.63, 3.8) is 0 Å². The third kappa shape index (κ3) is 21.4. The molecule has 0 spiro atoms. The number of aryl methyl sites for hydroxylation is 2. The molecule has 0 fully saturated rings. The Kier molecular flexibility index (Phi) is 33.8. The fourth-order valence-electron chi connectivity index (χ4n) is 18.4. The second kappa shape index (κ2) is 43.4. The van der Waals surface area contributed by atoms with Gasteiger partial charge in [-0.3, -0.25) is 0 Å². The molecule has 0 radical (unpaired) electrons. The number of pyridine rings is 2. The molecule has 590 valence electrons.